The van der Waals surface area contributed by atoms with Crippen molar-refractivity contribution < 1.29 is 4.74 Å². The molecule has 102 valence electrons. The fourth-order valence-corrected chi connectivity index (χ4v) is 2.78. The predicted octanol–water partition coefficient (Wildman–Crippen LogP) is 4.16. The molecule has 2 heterocycles. The van der Waals surface area contributed by atoms with E-state index in [9.17, 15) is 0 Å². The Labute approximate surface area is 129 Å². The molecule has 1 N–H and O–H groups in total. The van der Waals surface area contributed by atoms with Crippen molar-refractivity contribution in [2.24, 2.45) is 0 Å². The van der Waals surface area contributed by atoms with Gasteiger partial charge >= 0.3 is 0 Å². The number of hydrogen-bond acceptors (Lipinski definition) is 3. The summed E-state index contributed by atoms with van der Waals surface area (Å²) in [4.78, 5) is 7.74. The van der Waals surface area contributed by atoms with Gasteiger partial charge in [0.25, 0.3) is 0 Å². The van der Waals surface area contributed by atoms with Crippen LogP contribution in [0.4, 0.5) is 0 Å². The second kappa shape index (κ2) is 5.03. The summed E-state index contributed by atoms with van der Waals surface area (Å²) in [7, 11) is 1.64. The van der Waals surface area contributed by atoms with Crippen molar-refractivity contribution in [1.82, 2.24) is 14.5 Å². The van der Waals surface area contributed by atoms with Crippen molar-refractivity contribution >= 4 is 39.3 Å². The van der Waals surface area contributed by atoms with Crippen LogP contribution < -0.4 is 4.74 Å². The van der Waals surface area contributed by atoms with E-state index in [0.717, 1.165) is 32.8 Å². The number of fused-ring (bicyclic) bond motifs is 1. The predicted molar refractivity (Wildman–Crippen MR) is 85.2 cm³/mol. The van der Waals surface area contributed by atoms with E-state index in [1.54, 1.807) is 7.11 Å². The monoisotopic (exact) mass is 349 g/mol. The minimum Gasteiger partial charge on any atom is -0.495 e. The van der Waals surface area contributed by atoms with Crippen LogP contribution in [0.5, 0.6) is 5.75 Å². The number of benzene rings is 1. The molecule has 20 heavy (non-hydrogen) atoms. The maximum atomic E-state index is 5.43. The van der Waals surface area contributed by atoms with Crippen LogP contribution in [0.2, 0.25) is 0 Å². The van der Waals surface area contributed by atoms with Gasteiger partial charge in [-0.3, -0.25) is 4.57 Å². The van der Waals surface area contributed by atoms with Gasteiger partial charge in [-0.25, -0.2) is 4.98 Å². The summed E-state index contributed by atoms with van der Waals surface area (Å²) in [5, 5.41) is 0. The van der Waals surface area contributed by atoms with E-state index >= 15 is 0 Å². The summed E-state index contributed by atoms with van der Waals surface area (Å²) in [6.07, 6.45) is 0. The van der Waals surface area contributed by atoms with Crippen LogP contribution in [0.25, 0.3) is 16.9 Å². The highest BCUT2D eigenvalue weighted by molar-refractivity contribution is 9.10. The zero-order chi connectivity index (χ0) is 14.3. The number of rotatable bonds is 2. The fraction of sp³-hybridized carbons (Fsp3) is 0.143. The second-order valence-electron chi connectivity index (χ2n) is 4.41. The molecule has 0 radical (unpaired) electrons. The third-order valence-electron chi connectivity index (χ3n) is 3.05. The van der Waals surface area contributed by atoms with Crippen LogP contribution in [0.1, 0.15) is 5.69 Å². The highest BCUT2D eigenvalue weighted by Gasteiger charge is 2.12. The second-order valence-corrected chi connectivity index (χ2v) is 5.71. The standard InChI is InChI=1S/C14H12BrN3OS/c1-8-3-5-10-13(16-8)18(14(20)17-10)11-7-9(15)4-6-12(11)19-2/h3-7H,1-2H3,(H,17,20). The molecule has 3 aromatic rings. The number of nitrogens with zero attached hydrogens (tertiary/aromatic N) is 2. The molecule has 0 saturated heterocycles. The highest BCUT2D eigenvalue weighted by atomic mass is 79.9. The number of nitrogens with one attached hydrogen (secondary N) is 1. The number of aromatic nitrogens is 3. The van der Waals surface area contributed by atoms with Crippen molar-refractivity contribution in [3.05, 3.63) is 45.3 Å². The Bertz CT molecular complexity index is 853. The van der Waals surface area contributed by atoms with E-state index in [-0.39, 0.29) is 0 Å². The van der Waals surface area contributed by atoms with E-state index in [4.69, 9.17) is 17.0 Å². The summed E-state index contributed by atoms with van der Waals surface area (Å²) in [5.41, 5.74) is 3.50. The van der Waals surface area contributed by atoms with Gasteiger partial charge in [0, 0.05) is 10.2 Å². The quantitative estimate of drug-likeness (QED) is 0.706. The molecule has 2 aromatic heterocycles. The first-order valence-electron chi connectivity index (χ1n) is 6.02. The number of halogens is 1. The maximum Gasteiger partial charge on any atom is 0.184 e. The van der Waals surface area contributed by atoms with Gasteiger partial charge in [-0.05, 0) is 49.5 Å². The number of imidazole rings is 1. The molecule has 0 aliphatic rings. The van der Waals surface area contributed by atoms with Crippen LogP contribution in [-0.4, -0.2) is 21.6 Å². The van der Waals surface area contributed by atoms with Crippen molar-refractivity contribution in [3.63, 3.8) is 0 Å². The Hall–Kier alpha value is -1.66. The summed E-state index contributed by atoms with van der Waals surface area (Å²) in [6.45, 7) is 1.96. The first kappa shape index (κ1) is 13.3. The molecule has 3 rings (SSSR count). The third kappa shape index (κ3) is 2.14. The largest absolute Gasteiger partial charge is 0.495 e. The number of hydrogen-bond donors (Lipinski definition) is 1. The van der Waals surface area contributed by atoms with Gasteiger partial charge in [0.2, 0.25) is 0 Å². The molecule has 0 atom stereocenters. The van der Waals surface area contributed by atoms with Gasteiger partial charge in [-0.1, -0.05) is 15.9 Å². The number of ether oxygens (including phenoxy) is 1. The van der Waals surface area contributed by atoms with Crippen LogP contribution in [0, 0.1) is 11.7 Å². The van der Waals surface area contributed by atoms with Crippen LogP contribution in [-0.2, 0) is 0 Å². The molecule has 1 aromatic carbocycles. The van der Waals surface area contributed by atoms with Crippen LogP contribution >= 0.6 is 28.1 Å². The zero-order valence-electron chi connectivity index (χ0n) is 11.0. The van der Waals surface area contributed by atoms with Crippen LogP contribution in [0.15, 0.2) is 34.8 Å². The Balaban J connectivity index is 2.40. The molecule has 0 spiro atoms. The Kier molecular flexibility index (Phi) is 3.35. The zero-order valence-corrected chi connectivity index (χ0v) is 13.4. The van der Waals surface area contributed by atoms with E-state index in [2.05, 4.69) is 25.9 Å². The minimum absolute atomic E-state index is 0.592. The summed E-state index contributed by atoms with van der Waals surface area (Å²) in [5.74, 6) is 0.744. The van der Waals surface area contributed by atoms with E-state index in [1.807, 2.05) is 41.8 Å². The van der Waals surface area contributed by atoms with Gasteiger partial charge in [-0.15, -0.1) is 0 Å². The van der Waals surface area contributed by atoms with Crippen molar-refractivity contribution in [3.8, 4) is 11.4 Å². The lowest BCUT2D eigenvalue weighted by Gasteiger charge is -2.10. The molecule has 0 unspecified atom stereocenters. The smallest absolute Gasteiger partial charge is 0.184 e. The Morgan fingerprint density at radius 1 is 1.30 bits per heavy atom. The van der Waals surface area contributed by atoms with Gasteiger partial charge < -0.3 is 9.72 Å². The topological polar surface area (TPSA) is 42.8 Å². The molecule has 0 saturated carbocycles. The first-order chi connectivity index (χ1) is 9.60. The van der Waals surface area contributed by atoms with Gasteiger partial charge in [0.05, 0.1) is 18.3 Å². The van der Waals surface area contributed by atoms with E-state index in [0.29, 0.717) is 4.77 Å². The van der Waals surface area contributed by atoms with Gasteiger partial charge in [-0.2, -0.15) is 0 Å². The normalized spacial score (nSPS) is 10.9. The maximum absolute atomic E-state index is 5.43. The number of pyridine rings is 1. The molecule has 0 amide bonds. The van der Waals surface area contributed by atoms with Crippen molar-refractivity contribution in [2.45, 2.75) is 6.92 Å². The third-order valence-corrected chi connectivity index (χ3v) is 3.83. The SMILES string of the molecule is COc1ccc(Br)cc1-n1c(=S)[nH]c2ccc(C)nc21. The molecule has 0 fully saturated rings. The lowest BCUT2D eigenvalue weighted by atomic mass is 10.3. The fourth-order valence-electron chi connectivity index (χ4n) is 2.14. The lowest BCUT2D eigenvalue weighted by Crippen LogP contribution is -1.99. The Morgan fingerprint density at radius 3 is 2.85 bits per heavy atom. The molecular weight excluding hydrogens is 338 g/mol. The van der Waals surface area contributed by atoms with Gasteiger partial charge in [0.15, 0.2) is 10.4 Å². The highest BCUT2D eigenvalue weighted by Crippen LogP contribution is 2.29. The van der Waals surface area contributed by atoms with E-state index in [1.165, 1.54) is 0 Å². The average Bonchev–Trinajstić information content (AvgIpc) is 2.74. The molecule has 4 nitrogen and oxygen atoms in total. The summed E-state index contributed by atoms with van der Waals surface area (Å²) in [6, 6.07) is 9.73. The number of methoxy groups -OCH3 is 1. The summed E-state index contributed by atoms with van der Waals surface area (Å²) >= 11 is 8.91. The van der Waals surface area contributed by atoms with Crippen molar-refractivity contribution in [2.75, 3.05) is 7.11 Å². The Morgan fingerprint density at radius 2 is 2.10 bits per heavy atom. The van der Waals surface area contributed by atoms with Crippen LogP contribution in [0.3, 0.4) is 0 Å². The van der Waals surface area contributed by atoms with Gasteiger partial charge in [0.1, 0.15) is 5.75 Å². The lowest BCUT2D eigenvalue weighted by molar-refractivity contribution is 0.413. The number of aromatic amines is 1. The molecule has 0 aliphatic heterocycles. The average molecular weight is 350 g/mol. The first-order valence-corrected chi connectivity index (χ1v) is 7.22. The number of aryl methyl sites for hydroxylation is 1. The minimum atomic E-state index is 0.592. The molecular formula is C14H12BrN3OS. The summed E-state index contributed by atoms with van der Waals surface area (Å²) < 4.78 is 8.87. The molecule has 0 aliphatic carbocycles. The number of H-pyrrole nitrogens is 1. The molecule has 6 heteroatoms. The van der Waals surface area contributed by atoms with Crippen molar-refractivity contribution in [1.29, 1.82) is 0 Å². The van der Waals surface area contributed by atoms with E-state index < -0.39 is 0 Å². The molecule has 0 bridgehead atoms.